The Bertz CT molecular complexity index is 1460. The number of aryl methyl sites for hydroxylation is 1. The number of benzene rings is 2. The maximum absolute atomic E-state index is 13.5. The fourth-order valence-electron chi connectivity index (χ4n) is 4.06. The molecule has 0 atom stereocenters. The van der Waals surface area contributed by atoms with Crippen LogP contribution in [0.1, 0.15) is 43.7 Å². The van der Waals surface area contributed by atoms with Gasteiger partial charge in [-0.15, -0.1) is 0 Å². The van der Waals surface area contributed by atoms with Crippen LogP contribution in [0.15, 0.2) is 54.7 Å². The molecule has 0 N–H and O–H groups in total. The van der Waals surface area contributed by atoms with E-state index in [1.807, 2.05) is 24.3 Å². The number of ether oxygens (including phenoxy) is 2. The molecule has 0 fully saturated rings. The number of rotatable bonds is 5. The molecule has 1 aliphatic heterocycles. The van der Waals surface area contributed by atoms with Crippen molar-refractivity contribution in [1.29, 1.82) is 0 Å². The average molecular weight is 456 g/mol. The van der Waals surface area contributed by atoms with Crippen molar-refractivity contribution in [2.24, 2.45) is 0 Å². The second-order valence-corrected chi connectivity index (χ2v) is 7.65. The number of amides is 2. The fraction of sp³-hybridized carbons (Fsp3) is 0.160. The van der Waals surface area contributed by atoms with Gasteiger partial charge in [-0.3, -0.25) is 9.59 Å². The lowest BCUT2D eigenvalue weighted by Crippen LogP contribution is -2.29. The van der Waals surface area contributed by atoms with Gasteiger partial charge in [-0.25, -0.2) is 19.4 Å². The average Bonchev–Trinajstić information content (AvgIpc) is 3.32. The Kier molecular flexibility index (Phi) is 5.09. The van der Waals surface area contributed by atoms with Crippen LogP contribution in [0.3, 0.4) is 0 Å². The number of imide groups is 1. The van der Waals surface area contributed by atoms with Gasteiger partial charge in [0.25, 0.3) is 11.8 Å². The van der Waals surface area contributed by atoms with Gasteiger partial charge in [0.05, 0.1) is 52.9 Å². The Morgan fingerprint density at radius 3 is 2.29 bits per heavy atom. The summed E-state index contributed by atoms with van der Waals surface area (Å²) in [6.45, 7) is 3.75. The van der Waals surface area contributed by atoms with Crippen molar-refractivity contribution in [2.75, 3.05) is 18.6 Å². The molecule has 4 aromatic rings. The van der Waals surface area contributed by atoms with Crippen LogP contribution in [0.5, 0.6) is 5.75 Å². The molecular weight excluding hydrogens is 436 g/mol. The molecule has 1 aliphatic rings. The van der Waals surface area contributed by atoms with E-state index in [0.717, 1.165) is 10.6 Å². The largest absolute Gasteiger partial charge is 0.497 e. The van der Waals surface area contributed by atoms with Crippen molar-refractivity contribution < 1.29 is 23.9 Å². The molecule has 2 aromatic heterocycles. The van der Waals surface area contributed by atoms with Crippen LogP contribution in [0, 0.1) is 6.92 Å². The summed E-state index contributed by atoms with van der Waals surface area (Å²) in [5.41, 5.74) is 2.97. The molecule has 170 valence electrons. The molecule has 0 spiro atoms. The summed E-state index contributed by atoms with van der Waals surface area (Å²) in [6, 6.07) is 13.4. The molecule has 0 bridgehead atoms. The van der Waals surface area contributed by atoms with Gasteiger partial charge in [-0.05, 0) is 62.4 Å². The fourth-order valence-corrected chi connectivity index (χ4v) is 4.06. The number of pyridine rings is 1. The summed E-state index contributed by atoms with van der Waals surface area (Å²) < 4.78 is 11.8. The highest BCUT2D eigenvalue weighted by Crippen LogP contribution is 2.34. The quantitative estimate of drug-likeness (QED) is 0.333. The molecule has 9 nitrogen and oxygen atoms in total. The second-order valence-electron chi connectivity index (χ2n) is 7.65. The van der Waals surface area contributed by atoms with Crippen molar-refractivity contribution in [3.8, 4) is 11.4 Å². The number of esters is 1. The second kappa shape index (κ2) is 8.11. The van der Waals surface area contributed by atoms with Crippen LogP contribution in [0.25, 0.3) is 16.7 Å². The molecule has 0 unspecified atom stereocenters. The summed E-state index contributed by atoms with van der Waals surface area (Å²) >= 11 is 0. The van der Waals surface area contributed by atoms with Crippen molar-refractivity contribution in [1.82, 2.24) is 14.8 Å². The summed E-state index contributed by atoms with van der Waals surface area (Å²) in [5, 5.41) is 5.10. The van der Waals surface area contributed by atoms with Gasteiger partial charge in [-0.2, -0.15) is 5.10 Å². The van der Waals surface area contributed by atoms with E-state index in [1.54, 1.807) is 37.8 Å². The van der Waals surface area contributed by atoms with E-state index in [2.05, 4.69) is 10.1 Å². The molecule has 3 heterocycles. The third-order valence-electron chi connectivity index (χ3n) is 5.68. The number of nitrogens with zero attached hydrogens (tertiary/aromatic N) is 4. The number of aromatic nitrogens is 3. The number of carbonyl (C=O) groups excluding carboxylic acids is 3. The van der Waals surface area contributed by atoms with Gasteiger partial charge >= 0.3 is 5.97 Å². The van der Waals surface area contributed by atoms with Crippen molar-refractivity contribution >= 4 is 34.5 Å². The Morgan fingerprint density at radius 1 is 0.971 bits per heavy atom. The molecule has 2 aromatic carbocycles. The highest BCUT2D eigenvalue weighted by molar-refractivity contribution is 6.37. The van der Waals surface area contributed by atoms with Gasteiger partial charge in [0, 0.05) is 6.20 Å². The van der Waals surface area contributed by atoms with Crippen LogP contribution < -0.4 is 9.64 Å². The van der Waals surface area contributed by atoms with E-state index in [4.69, 9.17) is 9.47 Å². The monoisotopic (exact) mass is 456 g/mol. The first kappa shape index (κ1) is 21.3. The lowest BCUT2D eigenvalue weighted by Gasteiger charge is -2.14. The Hall–Kier alpha value is -4.53. The van der Waals surface area contributed by atoms with E-state index in [0.29, 0.717) is 33.7 Å². The molecular formula is C25H20N4O5. The molecule has 2 amide bonds. The van der Waals surface area contributed by atoms with E-state index in [1.165, 1.54) is 18.3 Å². The predicted octanol–water partition coefficient (Wildman–Crippen LogP) is 3.71. The van der Waals surface area contributed by atoms with Gasteiger partial charge < -0.3 is 9.47 Å². The lowest BCUT2D eigenvalue weighted by atomic mass is 10.1. The van der Waals surface area contributed by atoms with E-state index >= 15 is 0 Å². The van der Waals surface area contributed by atoms with Crippen LogP contribution >= 0.6 is 0 Å². The Morgan fingerprint density at radius 2 is 1.65 bits per heavy atom. The summed E-state index contributed by atoms with van der Waals surface area (Å²) in [6.07, 6.45) is 1.41. The smallest absolute Gasteiger partial charge is 0.338 e. The first-order valence-electron chi connectivity index (χ1n) is 10.6. The standard InChI is InChI=1S/C25H20N4O5/c1-4-34-25(32)15-5-7-16(8-6-15)28-23(30)19-13-26-22-20(21(19)24(28)31)14(2)27-29(22)17-9-11-18(33-3)12-10-17/h5-13H,4H2,1-3H3. The van der Waals surface area contributed by atoms with E-state index < -0.39 is 17.8 Å². The highest BCUT2D eigenvalue weighted by atomic mass is 16.5. The van der Waals surface area contributed by atoms with E-state index in [9.17, 15) is 14.4 Å². The maximum Gasteiger partial charge on any atom is 0.338 e. The van der Waals surface area contributed by atoms with Gasteiger partial charge in [0.2, 0.25) is 0 Å². The number of fused-ring (bicyclic) bond motifs is 3. The number of anilines is 1. The molecule has 0 radical (unpaired) electrons. The number of carbonyl (C=O) groups is 3. The highest BCUT2D eigenvalue weighted by Gasteiger charge is 2.40. The van der Waals surface area contributed by atoms with Gasteiger partial charge in [0.1, 0.15) is 5.75 Å². The lowest BCUT2D eigenvalue weighted by molar-refractivity contribution is 0.0526. The zero-order chi connectivity index (χ0) is 24.0. The van der Waals surface area contributed by atoms with Crippen LogP contribution in [0.2, 0.25) is 0 Å². The van der Waals surface area contributed by atoms with Crippen LogP contribution in [-0.2, 0) is 4.74 Å². The van der Waals surface area contributed by atoms with Crippen molar-refractivity contribution in [3.63, 3.8) is 0 Å². The van der Waals surface area contributed by atoms with Gasteiger partial charge in [0.15, 0.2) is 5.65 Å². The molecule has 5 rings (SSSR count). The first-order valence-corrected chi connectivity index (χ1v) is 10.6. The van der Waals surface area contributed by atoms with Crippen LogP contribution in [0.4, 0.5) is 5.69 Å². The number of methoxy groups -OCH3 is 1. The SMILES string of the molecule is CCOC(=O)c1ccc(N2C(=O)c3cnc4c(c(C)nn4-c4ccc(OC)cc4)c3C2=O)cc1. The minimum Gasteiger partial charge on any atom is -0.497 e. The molecule has 34 heavy (non-hydrogen) atoms. The minimum absolute atomic E-state index is 0.212. The topological polar surface area (TPSA) is 104 Å². The normalized spacial score (nSPS) is 12.9. The molecule has 9 heteroatoms. The molecule has 0 saturated carbocycles. The zero-order valence-electron chi connectivity index (χ0n) is 18.7. The Balaban J connectivity index is 1.57. The van der Waals surface area contributed by atoms with Gasteiger partial charge in [-0.1, -0.05) is 0 Å². The molecule has 0 aliphatic carbocycles. The number of hydrogen-bond donors (Lipinski definition) is 0. The Labute approximate surface area is 194 Å². The minimum atomic E-state index is -0.477. The van der Waals surface area contributed by atoms with Crippen molar-refractivity contribution in [2.45, 2.75) is 13.8 Å². The van der Waals surface area contributed by atoms with Crippen molar-refractivity contribution in [3.05, 3.63) is 77.1 Å². The van der Waals surface area contributed by atoms with E-state index in [-0.39, 0.29) is 17.7 Å². The predicted molar refractivity (Wildman–Crippen MR) is 124 cm³/mol. The maximum atomic E-state index is 13.5. The zero-order valence-corrected chi connectivity index (χ0v) is 18.7. The van der Waals surface area contributed by atoms with Crippen LogP contribution in [-0.4, -0.2) is 46.3 Å². The summed E-state index contributed by atoms with van der Waals surface area (Å²) in [7, 11) is 1.59. The third kappa shape index (κ3) is 3.21. The number of hydrogen-bond acceptors (Lipinski definition) is 7. The molecule has 0 saturated heterocycles. The first-order chi connectivity index (χ1) is 16.4. The summed E-state index contributed by atoms with van der Waals surface area (Å²) in [4.78, 5) is 44.1. The third-order valence-corrected chi connectivity index (χ3v) is 5.68. The summed E-state index contributed by atoms with van der Waals surface area (Å²) in [5.74, 6) is -0.705.